The van der Waals surface area contributed by atoms with Gasteiger partial charge in [-0.1, -0.05) is 13.8 Å². The summed E-state index contributed by atoms with van der Waals surface area (Å²) in [5, 5.41) is 10.6. The quantitative estimate of drug-likeness (QED) is 0.502. The molecular weight excluding hydrogens is 357 g/mol. The summed E-state index contributed by atoms with van der Waals surface area (Å²) in [7, 11) is 0. The van der Waals surface area contributed by atoms with Crippen molar-refractivity contribution < 1.29 is 4.39 Å². The molecule has 142 valence electrons. The van der Waals surface area contributed by atoms with Gasteiger partial charge >= 0.3 is 0 Å². The minimum Gasteiger partial charge on any atom is -0.340 e. The molecule has 4 aromatic rings. The van der Waals surface area contributed by atoms with Crippen molar-refractivity contribution >= 4 is 32.7 Å². The number of nitrogens with zero attached hydrogens (tertiary/aromatic N) is 3. The minimum atomic E-state index is -0.419. The van der Waals surface area contributed by atoms with E-state index in [2.05, 4.69) is 34.9 Å². The van der Waals surface area contributed by atoms with Gasteiger partial charge in [0.05, 0.1) is 28.8 Å². The Morgan fingerprint density at radius 2 is 2.00 bits per heavy atom. The highest BCUT2D eigenvalue weighted by Gasteiger charge is 2.32. The average Bonchev–Trinajstić information content (AvgIpc) is 3.15. The summed E-state index contributed by atoms with van der Waals surface area (Å²) in [6, 6.07) is 6.60. The molecule has 2 aromatic heterocycles. The number of hydrogen-bond acceptors (Lipinski definition) is 4. The molecule has 0 atom stereocenters. The molecule has 7 heteroatoms. The van der Waals surface area contributed by atoms with Crippen molar-refractivity contribution in [3.05, 3.63) is 46.5 Å². The Balaban J connectivity index is 2.14. The summed E-state index contributed by atoms with van der Waals surface area (Å²) in [4.78, 5) is 27.7. The second-order valence-corrected chi connectivity index (χ2v) is 7.10. The molecule has 0 aliphatic rings. The number of nitrogens with one attached hydrogen (secondary N) is 2. The first-order valence-corrected chi connectivity index (χ1v) is 9.40. The van der Waals surface area contributed by atoms with Crippen LogP contribution in [0.2, 0.25) is 0 Å². The lowest BCUT2D eigenvalue weighted by molar-refractivity contribution is 0.352. The number of aromatic amines is 2. The van der Waals surface area contributed by atoms with Crippen LogP contribution in [0.25, 0.3) is 32.7 Å². The van der Waals surface area contributed by atoms with Crippen LogP contribution in [0.3, 0.4) is 0 Å². The van der Waals surface area contributed by atoms with Gasteiger partial charge in [-0.15, -0.1) is 0 Å². The van der Waals surface area contributed by atoms with Gasteiger partial charge in [-0.05, 0) is 37.5 Å². The number of benzene rings is 2. The van der Waals surface area contributed by atoms with Crippen LogP contribution in [0.15, 0.2) is 29.3 Å². The number of rotatable bonds is 5. The number of fused-ring (bicyclic) bond motifs is 6. The third-order valence-electron chi connectivity index (χ3n) is 5.87. The molecule has 6 nitrogen and oxygen atoms in total. The molecule has 0 bridgehead atoms. The van der Waals surface area contributed by atoms with Gasteiger partial charge in [-0.2, -0.15) is 5.26 Å². The molecule has 0 fully saturated rings. The van der Waals surface area contributed by atoms with E-state index in [4.69, 9.17) is 10.2 Å². The maximum absolute atomic E-state index is 13.9. The third kappa shape index (κ3) is 2.56. The van der Waals surface area contributed by atoms with Crippen LogP contribution in [0.1, 0.15) is 45.4 Å². The highest BCUT2D eigenvalue weighted by Crippen LogP contribution is 2.38. The lowest BCUT2D eigenvalue weighted by Crippen LogP contribution is -2.25. The van der Waals surface area contributed by atoms with E-state index in [1.54, 1.807) is 6.07 Å². The fraction of sp³-hybridized carbons (Fsp3) is 0.333. The Morgan fingerprint density at radius 3 is 2.71 bits per heavy atom. The molecule has 0 aliphatic heterocycles. The van der Waals surface area contributed by atoms with Gasteiger partial charge in [-0.3, -0.25) is 4.79 Å². The van der Waals surface area contributed by atoms with E-state index >= 15 is 0 Å². The molecule has 28 heavy (non-hydrogen) atoms. The van der Waals surface area contributed by atoms with Gasteiger partial charge < -0.3 is 9.97 Å². The lowest BCUT2D eigenvalue weighted by Gasteiger charge is -2.28. The fourth-order valence-corrected chi connectivity index (χ4v) is 4.11. The van der Waals surface area contributed by atoms with Gasteiger partial charge in [-0.25, -0.2) is 14.4 Å². The van der Waals surface area contributed by atoms with Crippen molar-refractivity contribution in [1.29, 1.82) is 5.26 Å². The zero-order chi connectivity index (χ0) is 19.9. The van der Waals surface area contributed by atoms with E-state index in [0.717, 1.165) is 18.7 Å². The molecule has 2 heterocycles. The predicted molar refractivity (Wildman–Crippen MR) is 107 cm³/mol. The van der Waals surface area contributed by atoms with Gasteiger partial charge in [0, 0.05) is 22.6 Å². The number of nitriles is 1. The van der Waals surface area contributed by atoms with Crippen LogP contribution in [0.5, 0.6) is 0 Å². The topological polar surface area (TPSA) is 98.2 Å². The first-order chi connectivity index (χ1) is 13.5. The molecule has 0 saturated heterocycles. The van der Waals surface area contributed by atoms with E-state index < -0.39 is 5.82 Å². The Labute approximate surface area is 160 Å². The van der Waals surface area contributed by atoms with E-state index in [1.807, 2.05) is 0 Å². The smallest absolute Gasteiger partial charge is 0.259 e. The number of hydrogen-bond donors (Lipinski definition) is 2. The molecule has 0 radical (unpaired) electrons. The van der Waals surface area contributed by atoms with Crippen LogP contribution >= 0.6 is 0 Å². The molecule has 4 rings (SSSR count). The Kier molecular flexibility index (Phi) is 4.34. The standard InChI is InChI=1S/C21H20FN5O/c1-3-21(4-2,8-5-9-23)20-26-16-13-7-6-12(22)10-14(13)15-17(18(16)27-20)24-11-25-19(15)28/h6-7,10-11H,3-5,8H2,1-2H3,(H,26,27)(H,24,25,28). The summed E-state index contributed by atoms with van der Waals surface area (Å²) in [6.07, 6.45) is 4.11. The second kappa shape index (κ2) is 6.71. The summed E-state index contributed by atoms with van der Waals surface area (Å²) in [5.41, 5.74) is 1.21. The summed E-state index contributed by atoms with van der Waals surface area (Å²) < 4.78 is 13.9. The highest BCUT2D eigenvalue weighted by atomic mass is 19.1. The Hall–Kier alpha value is -3.27. The van der Waals surface area contributed by atoms with Crippen molar-refractivity contribution in [2.75, 3.05) is 0 Å². The molecule has 2 aromatic carbocycles. The van der Waals surface area contributed by atoms with Crippen LogP contribution in [-0.2, 0) is 5.41 Å². The first-order valence-electron chi connectivity index (χ1n) is 9.40. The van der Waals surface area contributed by atoms with E-state index in [-0.39, 0.29) is 11.0 Å². The number of aromatic nitrogens is 4. The van der Waals surface area contributed by atoms with Gasteiger partial charge in [0.2, 0.25) is 0 Å². The molecule has 0 spiro atoms. The zero-order valence-corrected chi connectivity index (χ0v) is 15.8. The first kappa shape index (κ1) is 18.1. The van der Waals surface area contributed by atoms with E-state index in [1.165, 1.54) is 18.5 Å². The van der Waals surface area contributed by atoms with Crippen LogP contribution < -0.4 is 5.56 Å². The van der Waals surface area contributed by atoms with Gasteiger partial charge in [0.15, 0.2) is 0 Å². The summed E-state index contributed by atoms with van der Waals surface area (Å²) >= 11 is 0. The van der Waals surface area contributed by atoms with Crippen molar-refractivity contribution in [1.82, 2.24) is 19.9 Å². The maximum atomic E-state index is 13.9. The molecule has 0 aliphatic carbocycles. The van der Waals surface area contributed by atoms with Crippen molar-refractivity contribution in [2.45, 2.75) is 44.9 Å². The minimum absolute atomic E-state index is 0.269. The summed E-state index contributed by atoms with van der Waals surface area (Å²) in [6.45, 7) is 4.17. The highest BCUT2D eigenvalue weighted by molar-refractivity contribution is 6.21. The molecule has 0 unspecified atom stereocenters. The van der Waals surface area contributed by atoms with Crippen LogP contribution in [-0.4, -0.2) is 19.9 Å². The zero-order valence-electron chi connectivity index (χ0n) is 15.8. The number of halogens is 1. The van der Waals surface area contributed by atoms with Gasteiger partial charge in [0.1, 0.15) is 17.2 Å². The van der Waals surface area contributed by atoms with Crippen molar-refractivity contribution in [3.8, 4) is 6.07 Å². The molecular formula is C21H20FN5O. The molecule has 0 saturated carbocycles. The number of H-pyrrole nitrogens is 2. The second-order valence-electron chi connectivity index (χ2n) is 7.10. The van der Waals surface area contributed by atoms with E-state index in [9.17, 15) is 9.18 Å². The van der Waals surface area contributed by atoms with Crippen molar-refractivity contribution in [2.24, 2.45) is 0 Å². The molecule has 0 amide bonds. The lowest BCUT2D eigenvalue weighted by atomic mass is 9.77. The SMILES string of the molecule is CCC(CC)(CCC#N)c1nc2c3ccc(F)cc3c3c(=O)[nH]cnc3c2[nH]1. The fourth-order valence-electron chi connectivity index (χ4n) is 4.11. The van der Waals surface area contributed by atoms with Crippen molar-refractivity contribution in [3.63, 3.8) is 0 Å². The predicted octanol–water partition coefficient (Wildman–Crippen LogP) is 4.45. The van der Waals surface area contributed by atoms with Crippen LogP contribution in [0.4, 0.5) is 4.39 Å². The Bertz CT molecular complexity index is 1290. The van der Waals surface area contributed by atoms with Crippen LogP contribution in [0, 0.1) is 17.1 Å². The molecule has 2 N–H and O–H groups in total. The largest absolute Gasteiger partial charge is 0.340 e. The summed E-state index contributed by atoms with van der Waals surface area (Å²) in [5.74, 6) is 0.362. The van der Waals surface area contributed by atoms with E-state index in [0.29, 0.717) is 45.6 Å². The Morgan fingerprint density at radius 1 is 1.21 bits per heavy atom. The van der Waals surface area contributed by atoms with Gasteiger partial charge in [0.25, 0.3) is 5.56 Å². The number of imidazole rings is 1. The monoisotopic (exact) mass is 377 g/mol. The maximum Gasteiger partial charge on any atom is 0.259 e. The normalized spacial score (nSPS) is 12.1. The third-order valence-corrected chi connectivity index (χ3v) is 5.87. The average molecular weight is 377 g/mol.